The van der Waals surface area contributed by atoms with Crippen LogP contribution in [-0.4, -0.2) is 36.7 Å². The summed E-state index contributed by atoms with van der Waals surface area (Å²) in [6.07, 6.45) is 3.02. The van der Waals surface area contributed by atoms with Crippen LogP contribution in [0, 0.1) is 0 Å². The number of morpholine rings is 1. The SMILES string of the molecule is Cl.Cl.O=C(NC(c1ccccc1)c1ccncc1)C1CNCCO1. The molecule has 5 nitrogen and oxygen atoms in total. The highest BCUT2D eigenvalue weighted by Gasteiger charge is 2.25. The van der Waals surface area contributed by atoms with E-state index in [1.54, 1.807) is 12.4 Å². The van der Waals surface area contributed by atoms with E-state index in [-0.39, 0.29) is 36.8 Å². The van der Waals surface area contributed by atoms with E-state index in [4.69, 9.17) is 4.74 Å². The minimum atomic E-state index is -0.443. The van der Waals surface area contributed by atoms with Crippen LogP contribution in [0.1, 0.15) is 17.2 Å². The van der Waals surface area contributed by atoms with E-state index in [9.17, 15) is 4.79 Å². The van der Waals surface area contributed by atoms with Crippen molar-refractivity contribution in [3.05, 3.63) is 66.0 Å². The van der Waals surface area contributed by atoms with Crippen LogP contribution in [0.4, 0.5) is 0 Å². The number of carbonyl (C=O) groups excluding carboxylic acids is 1. The van der Waals surface area contributed by atoms with Crippen LogP contribution >= 0.6 is 24.8 Å². The third-order valence-electron chi connectivity index (χ3n) is 3.68. The second-order valence-electron chi connectivity index (χ2n) is 5.20. The average Bonchev–Trinajstić information content (AvgIpc) is 2.62. The highest BCUT2D eigenvalue weighted by atomic mass is 35.5. The van der Waals surface area contributed by atoms with Crippen molar-refractivity contribution in [2.24, 2.45) is 0 Å². The van der Waals surface area contributed by atoms with Crippen LogP contribution in [-0.2, 0) is 9.53 Å². The Morgan fingerprint density at radius 3 is 2.42 bits per heavy atom. The maximum absolute atomic E-state index is 12.5. The second kappa shape index (κ2) is 10.3. The van der Waals surface area contributed by atoms with Gasteiger partial charge in [-0.2, -0.15) is 0 Å². The molecule has 0 radical (unpaired) electrons. The van der Waals surface area contributed by atoms with Gasteiger partial charge >= 0.3 is 0 Å². The number of nitrogens with zero attached hydrogens (tertiary/aromatic N) is 1. The lowest BCUT2D eigenvalue weighted by molar-refractivity contribution is -0.134. The van der Waals surface area contributed by atoms with Gasteiger partial charge in [-0.15, -0.1) is 24.8 Å². The number of hydrogen-bond acceptors (Lipinski definition) is 4. The van der Waals surface area contributed by atoms with Crippen molar-refractivity contribution < 1.29 is 9.53 Å². The minimum Gasteiger partial charge on any atom is -0.366 e. The number of hydrogen-bond donors (Lipinski definition) is 2. The fourth-order valence-electron chi connectivity index (χ4n) is 2.53. The van der Waals surface area contributed by atoms with Crippen molar-refractivity contribution in [3.63, 3.8) is 0 Å². The molecule has 1 aromatic carbocycles. The molecule has 0 spiro atoms. The summed E-state index contributed by atoms with van der Waals surface area (Å²) in [7, 11) is 0. The average molecular weight is 370 g/mol. The monoisotopic (exact) mass is 369 g/mol. The summed E-state index contributed by atoms with van der Waals surface area (Å²) in [6, 6.07) is 13.5. The number of benzene rings is 1. The van der Waals surface area contributed by atoms with E-state index in [0.717, 1.165) is 17.7 Å². The van der Waals surface area contributed by atoms with E-state index in [0.29, 0.717) is 13.2 Å². The molecule has 7 heteroatoms. The van der Waals surface area contributed by atoms with E-state index < -0.39 is 6.10 Å². The Hall–Kier alpha value is -1.66. The molecule has 1 aliphatic heterocycles. The number of aromatic nitrogens is 1. The van der Waals surface area contributed by atoms with Gasteiger partial charge in [0.1, 0.15) is 6.10 Å². The lowest BCUT2D eigenvalue weighted by Gasteiger charge is -2.26. The predicted molar refractivity (Wildman–Crippen MR) is 97.8 cm³/mol. The number of carbonyl (C=O) groups is 1. The topological polar surface area (TPSA) is 63.2 Å². The van der Waals surface area contributed by atoms with Crippen LogP contribution in [0.25, 0.3) is 0 Å². The minimum absolute atomic E-state index is 0. The number of ether oxygens (including phenoxy) is 1. The first kappa shape index (κ1) is 20.4. The number of nitrogens with one attached hydrogen (secondary N) is 2. The fraction of sp³-hybridized carbons (Fsp3) is 0.294. The molecule has 2 atom stereocenters. The molecule has 1 saturated heterocycles. The van der Waals surface area contributed by atoms with Crippen LogP contribution in [0.15, 0.2) is 54.9 Å². The van der Waals surface area contributed by atoms with Crippen molar-refractivity contribution in [1.29, 1.82) is 0 Å². The van der Waals surface area contributed by atoms with Gasteiger partial charge in [0.05, 0.1) is 12.6 Å². The maximum atomic E-state index is 12.5. The molecule has 2 unspecified atom stereocenters. The van der Waals surface area contributed by atoms with Crippen molar-refractivity contribution in [1.82, 2.24) is 15.6 Å². The van der Waals surface area contributed by atoms with Gasteiger partial charge in [0, 0.05) is 25.5 Å². The zero-order valence-electron chi connectivity index (χ0n) is 13.1. The first-order valence-electron chi connectivity index (χ1n) is 7.42. The molecule has 0 aliphatic carbocycles. The number of halogens is 2. The van der Waals surface area contributed by atoms with Crippen molar-refractivity contribution in [2.45, 2.75) is 12.1 Å². The molecule has 3 rings (SSSR count). The zero-order valence-corrected chi connectivity index (χ0v) is 14.7. The zero-order chi connectivity index (χ0) is 15.2. The number of pyridine rings is 1. The van der Waals surface area contributed by atoms with E-state index in [1.807, 2.05) is 42.5 Å². The first-order chi connectivity index (χ1) is 10.8. The number of amides is 1. The van der Waals surface area contributed by atoms with E-state index >= 15 is 0 Å². The van der Waals surface area contributed by atoms with Gasteiger partial charge in [0.25, 0.3) is 5.91 Å². The fourth-order valence-corrected chi connectivity index (χ4v) is 2.53. The molecular formula is C17H21Cl2N3O2. The summed E-state index contributed by atoms with van der Waals surface area (Å²) in [6.45, 7) is 1.89. The largest absolute Gasteiger partial charge is 0.366 e. The normalized spacial score (nSPS) is 17.8. The summed E-state index contributed by atoms with van der Waals surface area (Å²) in [5, 5.41) is 6.26. The van der Waals surface area contributed by atoms with Crippen LogP contribution < -0.4 is 10.6 Å². The molecule has 1 aromatic heterocycles. The molecule has 1 fully saturated rings. The molecule has 130 valence electrons. The highest BCUT2D eigenvalue weighted by Crippen LogP contribution is 2.21. The van der Waals surface area contributed by atoms with Crippen molar-refractivity contribution in [3.8, 4) is 0 Å². The molecule has 0 saturated carbocycles. The van der Waals surface area contributed by atoms with Crippen LogP contribution in [0.3, 0.4) is 0 Å². The van der Waals surface area contributed by atoms with Gasteiger partial charge in [-0.3, -0.25) is 9.78 Å². The van der Waals surface area contributed by atoms with Gasteiger partial charge in [0.2, 0.25) is 0 Å². The summed E-state index contributed by atoms with van der Waals surface area (Å²) in [5.41, 5.74) is 2.03. The molecule has 24 heavy (non-hydrogen) atoms. The van der Waals surface area contributed by atoms with Gasteiger partial charge in [-0.1, -0.05) is 30.3 Å². The van der Waals surface area contributed by atoms with Gasteiger partial charge in [-0.25, -0.2) is 0 Å². The second-order valence-corrected chi connectivity index (χ2v) is 5.20. The van der Waals surface area contributed by atoms with Gasteiger partial charge in [0.15, 0.2) is 0 Å². The summed E-state index contributed by atoms with van der Waals surface area (Å²) in [4.78, 5) is 16.5. The summed E-state index contributed by atoms with van der Waals surface area (Å²) < 4.78 is 5.53. The van der Waals surface area contributed by atoms with Crippen molar-refractivity contribution >= 4 is 30.7 Å². The van der Waals surface area contributed by atoms with Crippen LogP contribution in [0.5, 0.6) is 0 Å². The van der Waals surface area contributed by atoms with Gasteiger partial charge < -0.3 is 15.4 Å². The first-order valence-corrected chi connectivity index (χ1v) is 7.42. The maximum Gasteiger partial charge on any atom is 0.251 e. The van der Waals surface area contributed by atoms with E-state index in [1.165, 1.54) is 0 Å². The molecule has 2 heterocycles. The molecule has 2 aromatic rings. The quantitative estimate of drug-likeness (QED) is 0.866. The summed E-state index contributed by atoms with van der Waals surface area (Å²) in [5.74, 6) is -0.0992. The standard InChI is InChI=1S/C17H19N3O2.2ClH/c21-17(15-12-19-10-11-22-15)20-16(13-4-2-1-3-5-13)14-6-8-18-9-7-14;;/h1-9,15-16,19H,10-12H2,(H,20,21);2*1H. The third kappa shape index (κ3) is 5.18. The Kier molecular flexibility index (Phi) is 8.71. The Bertz CT molecular complexity index is 568. The Morgan fingerprint density at radius 2 is 1.79 bits per heavy atom. The predicted octanol–water partition coefficient (Wildman–Crippen LogP) is 2.12. The molecule has 1 amide bonds. The van der Waals surface area contributed by atoms with Crippen molar-refractivity contribution in [2.75, 3.05) is 19.7 Å². The highest BCUT2D eigenvalue weighted by molar-refractivity contribution is 5.85. The Balaban J connectivity index is 0.00000144. The summed E-state index contributed by atoms with van der Waals surface area (Å²) >= 11 is 0. The molecule has 0 bridgehead atoms. The smallest absolute Gasteiger partial charge is 0.251 e. The third-order valence-corrected chi connectivity index (χ3v) is 3.68. The Morgan fingerprint density at radius 1 is 1.12 bits per heavy atom. The molecular weight excluding hydrogens is 349 g/mol. The lowest BCUT2D eigenvalue weighted by atomic mass is 9.99. The van der Waals surface area contributed by atoms with E-state index in [2.05, 4.69) is 15.6 Å². The van der Waals surface area contributed by atoms with Gasteiger partial charge in [-0.05, 0) is 23.3 Å². The molecule has 1 aliphatic rings. The number of rotatable bonds is 4. The Labute approximate surface area is 154 Å². The lowest BCUT2D eigenvalue weighted by Crippen LogP contribution is -2.48. The molecule has 2 N–H and O–H groups in total. The van der Waals surface area contributed by atoms with Crippen LogP contribution in [0.2, 0.25) is 0 Å².